The lowest BCUT2D eigenvalue weighted by Gasteiger charge is -2.39. The van der Waals surface area contributed by atoms with E-state index in [0.29, 0.717) is 37.5 Å². The van der Waals surface area contributed by atoms with Gasteiger partial charge in [-0.1, -0.05) is 24.3 Å². The molecule has 0 radical (unpaired) electrons. The van der Waals surface area contributed by atoms with E-state index in [1.54, 1.807) is 36.4 Å². The normalized spacial score (nSPS) is 27.4. The third-order valence-electron chi connectivity index (χ3n) is 7.64. The summed E-state index contributed by atoms with van der Waals surface area (Å²) in [6, 6.07) is 3.35. The van der Waals surface area contributed by atoms with E-state index >= 15 is 0 Å². The molecule has 7 heteroatoms. The quantitative estimate of drug-likeness (QED) is 0.586. The van der Waals surface area contributed by atoms with Gasteiger partial charge in [-0.3, -0.25) is 4.79 Å². The van der Waals surface area contributed by atoms with Crippen LogP contribution in [0.4, 0.5) is 0 Å². The average Bonchev–Trinajstić information content (AvgIpc) is 3.40. The largest absolute Gasteiger partial charge is 0.298 e. The van der Waals surface area contributed by atoms with Gasteiger partial charge >= 0.3 is 0 Å². The summed E-state index contributed by atoms with van der Waals surface area (Å²) in [5, 5.41) is 1.50. The molecule has 0 fully saturated rings. The maximum Gasteiger partial charge on any atom is 0.203 e. The number of aryl methyl sites for hydroxylation is 2. The molecule has 0 saturated carbocycles. The minimum absolute atomic E-state index is 0.128. The number of allylic oxidation sites excluding steroid dienone is 8. The lowest BCUT2D eigenvalue weighted by Crippen LogP contribution is -2.35. The van der Waals surface area contributed by atoms with Crippen molar-refractivity contribution in [3.8, 4) is 0 Å². The summed E-state index contributed by atoms with van der Waals surface area (Å²) in [5.41, 5.74) is 3.61. The van der Waals surface area contributed by atoms with Crippen LogP contribution in [0.1, 0.15) is 46.9 Å². The summed E-state index contributed by atoms with van der Waals surface area (Å²) in [6.07, 6.45) is 7.71. The maximum absolute atomic E-state index is 14.1. The lowest BCUT2D eigenvalue weighted by atomic mass is 9.68. The van der Waals surface area contributed by atoms with Crippen molar-refractivity contribution >= 4 is 36.2 Å². The smallest absolute Gasteiger partial charge is 0.203 e. The summed E-state index contributed by atoms with van der Waals surface area (Å²) in [7, 11) is -7.52. The van der Waals surface area contributed by atoms with E-state index in [2.05, 4.69) is 0 Å². The molecule has 0 N–H and O–H groups in total. The highest BCUT2D eigenvalue weighted by molar-refractivity contribution is 7.95. The highest BCUT2D eigenvalue weighted by Crippen LogP contribution is 2.59. The Hall–Kier alpha value is -2.77. The molecule has 5 aliphatic rings. The molecule has 0 saturated heterocycles. The highest BCUT2D eigenvalue weighted by Gasteiger charge is 2.52. The topological polar surface area (TPSA) is 85.3 Å². The third-order valence-corrected chi connectivity index (χ3v) is 11.6. The number of carbonyl (C=O) groups excluding carboxylic acids is 1. The van der Waals surface area contributed by atoms with Gasteiger partial charge in [-0.15, -0.1) is 0 Å². The number of carbonyl (C=O) groups is 1. The van der Waals surface area contributed by atoms with Crippen molar-refractivity contribution in [2.45, 2.75) is 48.3 Å². The molecule has 2 heterocycles. The standard InChI is InChI=1S/C25H18O5S2/c1-11-9-17-22-20(13-5-3-7-15(13)31(17,27)28)25(26)21-14-6-4-8-16(14)32(29,30)18-10-12(2)19(11)24(22)23(18)21/h3-6,9-10,20-21H,7-8H2,1-2H3. The minimum atomic E-state index is -3.76. The fourth-order valence-corrected chi connectivity index (χ4v) is 10.3. The van der Waals surface area contributed by atoms with Crippen LogP contribution in [0.5, 0.6) is 0 Å². The molecule has 2 aliphatic heterocycles. The van der Waals surface area contributed by atoms with E-state index < -0.39 is 31.5 Å². The second-order valence-corrected chi connectivity index (χ2v) is 13.1. The average molecular weight is 463 g/mol. The van der Waals surface area contributed by atoms with Gasteiger partial charge in [0.2, 0.25) is 19.7 Å². The van der Waals surface area contributed by atoms with Crippen molar-refractivity contribution < 1.29 is 21.6 Å². The van der Waals surface area contributed by atoms with Crippen LogP contribution in [0.2, 0.25) is 0 Å². The van der Waals surface area contributed by atoms with Gasteiger partial charge in [0.05, 0.1) is 31.4 Å². The molecular formula is C25H18O5S2. The number of rotatable bonds is 0. The fourth-order valence-electron chi connectivity index (χ4n) is 6.46. The van der Waals surface area contributed by atoms with E-state index in [4.69, 9.17) is 0 Å². The fraction of sp³-hybridized carbons (Fsp3) is 0.240. The maximum atomic E-state index is 14.1. The zero-order valence-corrected chi connectivity index (χ0v) is 19.0. The van der Waals surface area contributed by atoms with E-state index in [-0.39, 0.29) is 28.4 Å². The van der Waals surface area contributed by atoms with Gasteiger partial charge in [0.1, 0.15) is 0 Å². The second kappa shape index (κ2) is 5.41. The molecule has 3 aliphatic carbocycles. The van der Waals surface area contributed by atoms with Crippen molar-refractivity contribution in [2.24, 2.45) is 0 Å². The second-order valence-electron chi connectivity index (χ2n) is 9.21. The highest BCUT2D eigenvalue weighted by atomic mass is 32.2. The number of benzene rings is 2. The van der Waals surface area contributed by atoms with Crippen LogP contribution < -0.4 is 0 Å². The molecule has 0 amide bonds. The van der Waals surface area contributed by atoms with Gasteiger partial charge < -0.3 is 0 Å². The molecule has 5 nitrogen and oxygen atoms in total. The van der Waals surface area contributed by atoms with Crippen LogP contribution in [0, 0.1) is 13.8 Å². The lowest BCUT2D eigenvalue weighted by molar-refractivity contribution is -0.120. The molecule has 32 heavy (non-hydrogen) atoms. The number of ketones is 1. The van der Waals surface area contributed by atoms with Crippen molar-refractivity contribution in [1.29, 1.82) is 0 Å². The first-order chi connectivity index (χ1) is 15.2. The molecule has 2 aromatic rings. The van der Waals surface area contributed by atoms with Gasteiger partial charge in [-0.05, 0) is 70.2 Å². The summed E-state index contributed by atoms with van der Waals surface area (Å²) in [6.45, 7) is 3.72. The number of fused-ring (bicyclic) bond motifs is 2. The predicted octanol–water partition coefficient (Wildman–Crippen LogP) is 4.21. The minimum Gasteiger partial charge on any atom is -0.298 e. The summed E-state index contributed by atoms with van der Waals surface area (Å²) in [4.78, 5) is 15.0. The number of Topliss-reactive ketones (excluding diaryl/α,β-unsaturated/α-hetero) is 1. The molecule has 2 atom stereocenters. The van der Waals surface area contributed by atoms with Crippen LogP contribution >= 0.6 is 0 Å². The van der Waals surface area contributed by atoms with E-state index in [1.807, 2.05) is 13.8 Å². The van der Waals surface area contributed by atoms with E-state index in [1.165, 1.54) is 0 Å². The van der Waals surface area contributed by atoms with Crippen LogP contribution in [0.25, 0.3) is 10.8 Å². The van der Waals surface area contributed by atoms with Gasteiger partial charge in [0, 0.05) is 12.8 Å². The Morgan fingerprint density at radius 2 is 1.16 bits per heavy atom. The van der Waals surface area contributed by atoms with Gasteiger partial charge in [-0.25, -0.2) is 16.8 Å². The molecular weight excluding hydrogens is 444 g/mol. The van der Waals surface area contributed by atoms with Crippen LogP contribution in [0.15, 0.2) is 67.2 Å². The van der Waals surface area contributed by atoms with Gasteiger partial charge in [-0.2, -0.15) is 0 Å². The first-order valence-corrected chi connectivity index (χ1v) is 13.6. The Balaban J connectivity index is 1.79. The Labute approximate surface area is 185 Å². The first kappa shape index (κ1) is 18.8. The Morgan fingerprint density at radius 1 is 0.719 bits per heavy atom. The van der Waals surface area contributed by atoms with Crippen molar-refractivity contribution in [2.75, 3.05) is 0 Å². The monoisotopic (exact) mass is 462 g/mol. The SMILES string of the molecule is Cc1cc2c3c4c5c(cc(C)c14)S(=O)(=O)C1=C(C=CC1)C5C(=O)C3C1=C(CC=C1)S2(=O)=O. The van der Waals surface area contributed by atoms with Crippen molar-refractivity contribution in [3.63, 3.8) is 0 Å². The first-order valence-electron chi connectivity index (χ1n) is 10.6. The molecule has 7 rings (SSSR count). The molecule has 2 unspecified atom stereocenters. The number of hydrogen-bond donors (Lipinski definition) is 0. The Kier molecular flexibility index (Phi) is 3.17. The van der Waals surface area contributed by atoms with E-state index in [0.717, 1.165) is 16.5 Å². The summed E-state index contributed by atoms with van der Waals surface area (Å²) < 4.78 is 54.3. The molecule has 2 aromatic carbocycles. The predicted molar refractivity (Wildman–Crippen MR) is 120 cm³/mol. The zero-order valence-electron chi connectivity index (χ0n) is 17.4. The van der Waals surface area contributed by atoms with Gasteiger partial charge in [0.25, 0.3) is 0 Å². The number of sulfone groups is 2. The Morgan fingerprint density at radius 3 is 1.59 bits per heavy atom. The van der Waals surface area contributed by atoms with Crippen LogP contribution in [0.3, 0.4) is 0 Å². The Bertz CT molecular complexity index is 1610. The van der Waals surface area contributed by atoms with Crippen molar-refractivity contribution in [3.05, 3.63) is 79.6 Å². The third kappa shape index (κ3) is 1.83. The molecule has 160 valence electrons. The molecule has 0 spiro atoms. The van der Waals surface area contributed by atoms with Crippen LogP contribution in [-0.2, 0) is 24.5 Å². The summed E-state index contributed by atoms with van der Waals surface area (Å²) >= 11 is 0. The van der Waals surface area contributed by atoms with Crippen LogP contribution in [-0.4, -0.2) is 22.6 Å². The zero-order chi connectivity index (χ0) is 22.3. The van der Waals surface area contributed by atoms with Gasteiger partial charge in [0.15, 0.2) is 5.78 Å². The number of hydrogen-bond acceptors (Lipinski definition) is 5. The molecule has 0 bridgehead atoms. The molecule has 0 aromatic heterocycles. The van der Waals surface area contributed by atoms with Crippen molar-refractivity contribution in [1.82, 2.24) is 0 Å². The van der Waals surface area contributed by atoms with E-state index in [9.17, 15) is 21.6 Å². The summed E-state index contributed by atoms with van der Waals surface area (Å²) in [5.74, 6) is -1.51.